The number of carbonyl (C=O) groups excluding carboxylic acids is 1. The number of fused-ring (bicyclic) bond motifs is 3. The molecule has 2 aliphatic heterocycles. The van der Waals surface area contributed by atoms with Crippen molar-refractivity contribution in [3.63, 3.8) is 0 Å². The number of alkyl carbamates (subject to hydrolysis) is 1. The van der Waals surface area contributed by atoms with Crippen molar-refractivity contribution in [1.29, 1.82) is 0 Å². The second kappa shape index (κ2) is 6.04. The molecule has 1 aromatic rings. The van der Waals surface area contributed by atoms with Crippen molar-refractivity contribution >= 4 is 6.09 Å². The highest BCUT2D eigenvalue weighted by Gasteiger charge is 2.34. The molecule has 3 rings (SSSR count). The Labute approximate surface area is 137 Å². The number of hydrogen-bond acceptors (Lipinski definition) is 4. The van der Waals surface area contributed by atoms with Gasteiger partial charge in [0.2, 0.25) is 0 Å². The molecule has 1 amide bonds. The Bertz CT molecular complexity index is 606. The summed E-state index contributed by atoms with van der Waals surface area (Å²) in [5.74, 6) is 0.930. The normalized spacial score (nSPS) is 21.0. The van der Waals surface area contributed by atoms with E-state index in [1.165, 1.54) is 11.1 Å². The van der Waals surface area contributed by atoms with Crippen LogP contribution in [0.4, 0.5) is 4.79 Å². The van der Waals surface area contributed by atoms with E-state index in [0.29, 0.717) is 13.2 Å². The number of amides is 1. The van der Waals surface area contributed by atoms with Crippen LogP contribution in [0, 0.1) is 0 Å². The fourth-order valence-electron chi connectivity index (χ4n) is 3.16. The Morgan fingerprint density at radius 2 is 1.96 bits per heavy atom. The summed E-state index contributed by atoms with van der Waals surface area (Å²) in [6.07, 6.45) is 0.706. The lowest BCUT2D eigenvalue weighted by molar-refractivity contribution is -0.0472. The van der Waals surface area contributed by atoms with Crippen LogP contribution in [-0.4, -0.2) is 30.9 Å². The minimum atomic E-state index is -0.422. The summed E-state index contributed by atoms with van der Waals surface area (Å²) < 4.78 is 17.3. The molecule has 126 valence electrons. The summed E-state index contributed by atoms with van der Waals surface area (Å²) in [6.45, 7) is 8.98. The van der Waals surface area contributed by atoms with Crippen LogP contribution >= 0.6 is 0 Å². The highest BCUT2D eigenvalue weighted by molar-refractivity contribution is 5.68. The summed E-state index contributed by atoms with van der Waals surface area (Å²) in [4.78, 5) is 12.0. The minimum Gasteiger partial charge on any atom is -0.493 e. The predicted molar refractivity (Wildman–Crippen MR) is 86.9 cm³/mol. The number of nitrogens with one attached hydrogen (secondary N) is 1. The van der Waals surface area contributed by atoms with E-state index in [1.54, 1.807) is 0 Å². The summed E-state index contributed by atoms with van der Waals surface area (Å²) in [7, 11) is 0. The monoisotopic (exact) mass is 319 g/mol. The largest absolute Gasteiger partial charge is 0.493 e. The van der Waals surface area contributed by atoms with E-state index in [4.69, 9.17) is 14.2 Å². The maximum atomic E-state index is 12.0. The fourth-order valence-corrected chi connectivity index (χ4v) is 3.16. The van der Waals surface area contributed by atoms with Crippen molar-refractivity contribution in [3.05, 3.63) is 28.8 Å². The van der Waals surface area contributed by atoms with Gasteiger partial charge in [0.05, 0.1) is 13.2 Å². The Morgan fingerprint density at radius 1 is 1.26 bits per heavy atom. The lowest BCUT2D eigenvalue weighted by atomic mass is 9.91. The van der Waals surface area contributed by atoms with E-state index in [2.05, 4.69) is 17.4 Å². The standard InChI is InChI=1S/C18H25NO4/c1-11(23-17(20)19-18(2,3)4)15-14-12(7-9-21-15)5-6-13-8-10-22-16(13)14/h5-6,11,15H,7-10H2,1-4H3,(H,19,20). The average Bonchev–Trinajstić information content (AvgIpc) is 2.92. The van der Waals surface area contributed by atoms with E-state index >= 15 is 0 Å². The molecule has 5 heteroatoms. The van der Waals surface area contributed by atoms with Crippen LogP contribution in [0.2, 0.25) is 0 Å². The van der Waals surface area contributed by atoms with Crippen LogP contribution < -0.4 is 10.1 Å². The van der Waals surface area contributed by atoms with Crippen LogP contribution in [0.5, 0.6) is 5.75 Å². The van der Waals surface area contributed by atoms with Gasteiger partial charge < -0.3 is 19.5 Å². The highest BCUT2D eigenvalue weighted by atomic mass is 16.6. The summed E-state index contributed by atoms with van der Waals surface area (Å²) >= 11 is 0. The maximum absolute atomic E-state index is 12.0. The molecule has 0 saturated heterocycles. The van der Waals surface area contributed by atoms with Crippen LogP contribution in [-0.2, 0) is 22.3 Å². The summed E-state index contributed by atoms with van der Waals surface area (Å²) in [6, 6.07) is 4.29. The topological polar surface area (TPSA) is 56.8 Å². The smallest absolute Gasteiger partial charge is 0.407 e. The molecule has 2 aliphatic rings. The second-order valence-electron chi connectivity index (χ2n) is 7.25. The van der Waals surface area contributed by atoms with E-state index in [0.717, 1.165) is 24.2 Å². The number of benzene rings is 1. The minimum absolute atomic E-state index is 0.280. The van der Waals surface area contributed by atoms with E-state index in [-0.39, 0.29) is 17.7 Å². The van der Waals surface area contributed by atoms with Gasteiger partial charge in [-0.25, -0.2) is 4.79 Å². The fraction of sp³-hybridized carbons (Fsp3) is 0.611. The average molecular weight is 319 g/mol. The number of rotatable bonds is 2. The first kappa shape index (κ1) is 16.1. The molecule has 2 heterocycles. The molecule has 2 unspecified atom stereocenters. The maximum Gasteiger partial charge on any atom is 0.407 e. The zero-order chi connectivity index (χ0) is 16.6. The van der Waals surface area contributed by atoms with Gasteiger partial charge in [-0.05, 0) is 45.2 Å². The quantitative estimate of drug-likeness (QED) is 0.910. The second-order valence-corrected chi connectivity index (χ2v) is 7.25. The molecule has 0 spiro atoms. The van der Waals surface area contributed by atoms with Crippen LogP contribution in [0.1, 0.15) is 50.5 Å². The third-order valence-corrected chi connectivity index (χ3v) is 4.14. The van der Waals surface area contributed by atoms with Crippen molar-refractivity contribution in [2.45, 2.75) is 58.3 Å². The Hall–Kier alpha value is -1.75. The molecule has 0 radical (unpaired) electrons. The summed E-state index contributed by atoms with van der Waals surface area (Å²) in [5.41, 5.74) is 3.17. The molecular weight excluding hydrogens is 294 g/mol. The highest BCUT2D eigenvalue weighted by Crippen LogP contribution is 2.42. The summed E-state index contributed by atoms with van der Waals surface area (Å²) in [5, 5.41) is 2.82. The number of hydrogen-bond donors (Lipinski definition) is 1. The molecule has 0 fully saturated rings. The molecule has 2 atom stereocenters. The molecule has 5 nitrogen and oxygen atoms in total. The third-order valence-electron chi connectivity index (χ3n) is 4.14. The molecule has 0 aromatic heterocycles. The lowest BCUT2D eigenvalue weighted by Gasteiger charge is -2.32. The van der Waals surface area contributed by atoms with Gasteiger partial charge in [-0.2, -0.15) is 0 Å². The zero-order valence-electron chi connectivity index (χ0n) is 14.3. The van der Waals surface area contributed by atoms with Gasteiger partial charge in [0.1, 0.15) is 18.0 Å². The third kappa shape index (κ3) is 3.44. The molecule has 0 aliphatic carbocycles. The van der Waals surface area contributed by atoms with E-state index < -0.39 is 6.09 Å². The van der Waals surface area contributed by atoms with Crippen LogP contribution in [0.25, 0.3) is 0 Å². The van der Waals surface area contributed by atoms with Crippen molar-refractivity contribution in [1.82, 2.24) is 5.32 Å². The van der Waals surface area contributed by atoms with E-state index in [1.807, 2.05) is 27.7 Å². The van der Waals surface area contributed by atoms with Crippen molar-refractivity contribution in [3.8, 4) is 5.75 Å². The molecule has 0 bridgehead atoms. The predicted octanol–water partition coefficient (Wildman–Crippen LogP) is 3.15. The Kier molecular flexibility index (Phi) is 4.23. The van der Waals surface area contributed by atoms with Crippen LogP contribution in [0.3, 0.4) is 0 Å². The Balaban J connectivity index is 1.80. The van der Waals surface area contributed by atoms with Gasteiger partial charge in [-0.15, -0.1) is 0 Å². The first-order valence-corrected chi connectivity index (χ1v) is 8.23. The van der Waals surface area contributed by atoms with Crippen molar-refractivity contribution < 1.29 is 19.0 Å². The molecule has 23 heavy (non-hydrogen) atoms. The van der Waals surface area contributed by atoms with Gasteiger partial charge in [0.25, 0.3) is 0 Å². The van der Waals surface area contributed by atoms with Crippen molar-refractivity contribution in [2.75, 3.05) is 13.2 Å². The molecule has 1 N–H and O–H groups in total. The van der Waals surface area contributed by atoms with Gasteiger partial charge >= 0.3 is 6.09 Å². The number of carbonyl (C=O) groups is 1. The van der Waals surface area contributed by atoms with E-state index in [9.17, 15) is 4.79 Å². The molecule has 1 aromatic carbocycles. The first-order valence-electron chi connectivity index (χ1n) is 8.23. The zero-order valence-corrected chi connectivity index (χ0v) is 14.3. The lowest BCUT2D eigenvalue weighted by Crippen LogP contribution is -2.43. The van der Waals surface area contributed by atoms with Crippen LogP contribution in [0.15, 0.2) is 12.1 Å². The first-order chi connectivity index (χ1) is 10.8. The Morgan fingerprint density at radius 3 is 2.70 bits per heavy atom. The van der Waals surface area contributed by atoms with Gasteiger partial charge in [-0.3, -0.25) is 0 Å². The SMILES string of the molecule is CC(OC(=O)NC(C)(C)C)C1OCCc2ccc3c(c21)OCC3. The van der Waals surface area contributed by atoms with Gasteiger partial charge in [-0.1, -0.05) is 12.1 Å². The van der Waals surface area contributed by atoms with Gasteiger partial charge in [0, 0.05) is 17.5 Å². The van der Waals surface area contributed by atoms with Gasteiger partial charge in [0.15, 0.2) is 0 Å². The molecular formula is C18H25NO4. The van der Waals surface area contributed by atoms with Crippen molar-refractivity contribution in [2.24, 2.45) is 0 Å². The molecule has 0 saturated carbocycles. The number of ether oxygens (including phenoxy) is 3.